The number of piperidine rings is 1. The number of nitrogens with zero attached hydrogens (tertiary/aromatic N) is 1. The quantitative estimate of drug-likeness (QED) is 0.799. The molecule has 1 aromatic rings. The largest absolute Gasteiger partial charge is 0.496 e. The van der Waals surface area contributed by atoms with E-state index < -0.39 is 10.0 Å². The molecule has 7 nitrogen and oxygen atoms in total. The van der Waals surface area contributed by atoms with Crippen molar-refractivity contribution in [1.82, 2.24) is 14.9 Å². The van der Waals surface area contributed by atoms with E-state index in [1.165, 1.54) is 0 Å². The van der Waals surface area contributed by atoms with Crippen LogP contribution in [-0.2, 0) is 10.0 Å². The molecule has 1 heterocycles. The first-order valence-corrected chi connectivity index (χ1v) is 10.7. The lowest BCUT2D eigenvalue weighted by atomic mass is 9.97. The Morgan fingerprint density at radius 3 is 2.41 bits per heavy atom. The van der Waals surface area contributed by atoms with Crippen molar-refractivity contribution < 1.29 is 17.9 Å². The summed E-state index contributed by atoms with van der Waals surface area (Å²) in [6.45, 7) is 9.32. The van der Waals surface area contributed by atoms with E-state index in [4.69, 9.17) is 4.74 Å². The molecule has 2 rings (SSSR count). The average molecular weight is 398 g/mol. The van der Waals surface area contributed by atoms with Crippen LogP contribution in [0.3, 0.4) is 0 Å². The highest BCUT2D eigenvalue weighted by molar-refractivity contribution is 7.89. The highest BCUT2D eigenvalue weighted by Crippen LogP contribution is 2.22. The second kappa shape index (κ2) is 8.48. The summed E-state index contributed by atoms with van der Waals surface area (Å²) < 4.78 is 32.9. The van der Waals surface area contributed by atoms with Crippen molar-refractivity contribution in [2.24, 2.45) is 5.92 Å². The van der Waals surface area contributed by atoms with Gasteiger partial charge >= 0.3 is 6.03 Å². The molecule has 8 heteroatoms. The predicted octanol–water partition coefficient (Wildman–Crippen LogP) is 2.50. The van der Waals surface area contributed by atoms with Crippen LogP contribution in [0, 0.1) is 12.8 Å². The van der Waals surface area contributed by atoms with Gasteiger partial charge in [-0.1, -0.05) is 0 Å². The summed E-state index contributed by atoms with van der Waals surface area (Å²) in [6, 6.07) is 4.76. The van der Waals surface area contributed by atoms with Gasteiger partial charge < -0.3 is 15.0 Å². The number of sulfonamides is 1. The minimum absolute atomic E-state index is 0.0600. The Labute approximate surface area is 162 Å². The van der Waals surface area contributed by atoms with Crippen molar-refractivity contribution in [2.45, 2.75) is 51.0 Å². The summed E-state index contributed by atoms with van der Waals surface area (Å²) in [6.07, 6.45) is 1.56. The molecule has 1 aliphatic heterocycles. The Morgan fingerprint density at radius 1 is 1.26 bits per heavy atom. The first kappa shape index (κ1) is 21.5. The molecule has 152 valence electrons. The van der Waals surface area contributed by atoms with Crippen molar-refractivity contribution in [2.75, 3.05) is 26.7 Å². The number of rotatable bonds is 5. The molecule has 0 saturated carbocycles. The molecule has 1 aliphatic rings. The van der Waals surface area contributed by atoms with Gasteiger partial charge in [-0.05, 0) is 70.2 Å². The zero-order valence-corrected chi connectivity index (χ0v) is 17.6. The van der Waals surface area contributed by atoms with Gasteiger partial charge in [0, 0.05) is 25.2 Å². The Bertz CT molecular complexity index is 764. The molecule has 0 spiro atoms. The number of nitrogens with one attached hydrogen (secondary N) is 2. The molecule has 0 aliphatic carbocycles. The van der Waals surface area contributed by atoms with Crippen LogP contribution < -0.4 is 14.8 Å². The number of carbonyl (C=O) groups is 1. The number of carbonyl (C=O) groups excluding carboxylic acids is 1. The third kappa shape index (κ3) is 6.10. The number of methoxy groups -OCH3 is 1. The van der Waals surface area contributed by atoms with Gasteiger partial charge in [-0.3, -0.25) is 0 Å². The van der Waals surface area contributed by atoms with Crippen molar-refractivity contribution in [3.05, 3.63) is 23.8 Å². The van der Waals surface area contributed by atoms with E-state index in [2.05, 4.69) is 10.0 Å². The second-order valence-electron chi connectivity index (χ2n) is 8.09. The minimum atomic E-state index is -3.56. The van der Waals surface area contributed by atoms with Gasteiger partial charge in [-0.15, -0.1) is 0 Å². The van der Waals surface area contributed by atoms with Crippen LogP contribution in [0.25, 0.3) is 0 Å². The molecule has 0 atom stereocenters. The molecular formula is C19H31N3O4S. The van der Waals surface area contributed by atoms with E-state index in [1.807, 2.05) is 27.7 Å². The van der Waals surface area contributed by atoms with E-state index in [1.54, 1.807) is 30.2 Å². The highest BCUT2D eigenvalue weighted by atomic mass is 32.2. The van der Waals surface area contributed by atoms with Crippen molar-refractivity contribution >= 4 is 16.1 Å². The topological polar surface area (TPSA) is 87.7 Å². The van der Waals surface area contributed by atoms with Gasteiger partial charge in [0.25, 0.3) is 0 Å². The lowest BCUT2D eigenvalue weighted by Gasteiger charge is -2.34. The molecular weight excluding hydrogens is 366 g/mol. The number of aryl methyl sites for hydroxylation is 1. The summed E-state index contributed by atoms with van der Waals surface area (Å²) >= 11 is 0. The first-order valence-electron chi connectivity index (χ1n) is 9.23. The molecule has 0 aromatic heterocycles. The smallest absolute Gasteiger partial charge is 0.317 e. The maximum absolute atomic E-state index is 12.5. The highest BCUT2D eigenvalue weighted by Gasteiger charge is 2.26. The fourth-order valence-electron chi connectivity index (χ4n) is 3.07. The predicted molar refractivity (Wildman–Crippen MR) is 106 cm³/mol. The summed E-state index contributed by atoms with van der Waals surface area (Å²) in [5, 5.41) is 2.96. The zero-order valence-electron chi connectivity index (χ0n) is 16.8. The number of benzene rings is 1. The fourth-order valence-corrected chi connectivity index (χ4v) is 4.27. The number of ether oxygens (including phenoxy) is 1. The van der Waals surface area contributed by atoms with E-state index in [0.29, 0.717) is 25.4 Å². The van der Waals surface area contributed by atoms with Gasteiger partial charge in [0.05, 0.1) is 12.0 Å². The lowest BCUT2D eigenvalue weighted by Crippen LogP contribution is -2.51. The van der Waals surface area contributed by atoms with Crippen LogP contribution in [0.4, 0.5) is 4.79 Å². The van der Waals surface area contributed by atoms with Crippen molar-refractivity contribution in [3.8, 4) is 5.75 Å². The number of likely N-dealkylation sites (tertiary alicyclic amines) is 1. The lowest BCUT2D eigenvalue weighted by molar-refractivity contribution is 0.163. The molecule has 27 heavy (non-hydrogen) atoms. The maximum Gasteiger partial charge on any atom is 0.317 e. The van der Waals surface area contributed by atoms with Gasteiger partial charge in [0.1, 0.15) is 5.75 Å². The molecule has 1 fully saturated rings. The summed E-state index contributed by atoms with van der Waals surface area (Å²) in [4.78, 5) is 14.2. The average Bonchev–Trinajstić information content (AvgIpc) is 2.59. The summed E-state index contributed by atoms with van der Waals surface area (Å²) in [5.74, 6) is 0.882. The Kier molecular flexibility index (Phi) is 6.75. The molecule has 0 unspecified atom stereocenters. The van der Waals surface area contributed by atoms with Crippen LogP contribution >= 0.6 is 0 Å². The minimum Gasteiger partial charge on any atom is -0.496 e. The molecule has 0 radical (unpaired) electrons. The van der Waals surface area contributed by atoms with Gasteiger partial charge in [-0.25, -0.2) is 17.9 Å². The Hall–Kier alpha value is -1.80. The maximum atomic E-state index is 12.5. The number of hydrogen-bond acceptors (Lipinski definition) is 4. The van der Waals surface area contributed by atoms with Gasteiger partial charge in [0.2, 0.25) is 10.0 Å². The molecule has 1 aromatic carbocycles. The monoisotopic (exact) mass is 397 g/mol. The van der Waals surface area contributed by atoms with Crippen LogP contribution in [0.15, 0.2) is 23.1 Å². The summed E-state index contributed by atoms with van der Waals surface area (Å²) in [5.41, 5.74) is 0.513. The molecule has 2 amide bonds. The van der Waals surface area contributed by atoms with E-state index >= 15 is 0 Å². The second-order valence-corrected chi connectivity index (χ2v) is 9.86. The van der Waals surface area contributed by atoms with Crippen LogP contribution in [0.2, 0.25) is 0 Å². The van der Waals surface area contributed by atoms with Crippen molar-refractivity contribution in [1.29, 1.82) is 0 Å². The van der Waals surface area contributed by atoms with E-state index in [-0.39, 0.29) is 22.4 Å². The fraction of sp³-hybridized carbons (Fsp3) is 0.632. The summed E-state index contributed by atoms with van der Waals surface area (Å²) in [7, 11) is -2.00. The van der Waals surface area contributed by atoms with Gasteiger partial charge in [0.15, 0.2) is 0 Å². The van der Waals surface area contributed by atoms with Crippen LogP contribution in [0.1, 0.15) is 39.2 Å². The molecule has 0 bridgehead atoms. The molecule has 1 saturated heterocycles. The van der Waals surface area contributed by atoms with Crippen LogP contribution in [0.5, 0.6) is 5.75 Å². The Balaban J connectivity index is 1.87. The first-order chi connectivity index (χ1) is 12.5. The molecule has 2 N–H and O–H groups in total. The standard InChI is InChI=1S/C19H31N3O4S/c1-14-12-16(6-7-17(14)26-5)27(24,25)20-13-15-8-10-22(11-9-15)18(23)21-19(2,3)4/h6-7,12,15,20H,8-11,13H2,1-5H3,(H,21,23). The number of urea groups is 1. The number of amides is 2. The van der Waals surface area contributed by atoms with Crippen molar-refractivity contribution in [3.63, 3.8) is 0 Å². The third-order valence-corrected chi connectivity index (χ3v) is 6.04. The Morgan fingerprint density at radius 2 is 1.89 bits per heavy atom. The third-order valence-electron chi connectivity index (χ3n) is 4.62. The van der Waals surface area contributed by atoms with E-state index in [9.17, 15) is 13.2 Å². The zero-order chi connectivity index (χ0) is 20.2. The SMILES string of the molecule is COc1ccc(S(=O)(=O)NCC2CCN(C(=O)NC(C)(C)C)CC2)cc1C. The number of hydrogen-bond donors (Lipinski definition) is 2. The van der Waals surface area contributed by atoms with Crippen LogP contribution in [-0.4, -0.2) is 51.6 Å². The van der Waals surface area contributed by atoms with E-state index in [0.717, 1.165) is 18.4 Å². The van der Waals surface area contributed by atoms with Gasteiger partial charge in [-0.2, -0.15) is 0 Å². The normalized spacial score (nSPS) is 16.3.